The maximum atomic E-state index is 8.78. The Balaban J connectivity index is 2.15. The number of hydrogen-bond donors (Lipinski definition) is 0. The molecular formula is C13H19N3O2. The molecule has 1 heterocycles. The van der Waals surface area contributed by atoms with Crippen LogP contribution in [0.1, 0.15) is 50.7 Å². The van der Waals surface area contributed by atoms with Gasteiger partial charge in [-0.25, -0.2) is 0 Å². The fraction of sp³-hybridized carbons (Fsp3) is 0.769. The smallest absolute Gasteiger partial charge is 0.228 e. The molecule has 98 valence electrons. The molecule has 1 unspecified atom stereocenters. The van der Waals surface area contributed by atoms with E-state index in [1.54, 1.807) is 7.11 Å². The van der Waals surface area contributed by atoms with Crippen LogP contribution in [-0.2, 0) is 16.8 Å². The van der Waals surface area contributed by atoms with Crippen molar-refractivity contribution < 1.29 is 9.26 Å². The zero-order chi connectivity index (χ0) is 13.0. The molecule has 0 amide bonds. The topological polar surface area (TPSA) is 71.9 Å². The predicted molar refractivity (Wildman–Crippen MR) is 64.6 cm³/mol. The fourth-order valence-corrected chi connectivity index (χ4v) is 2.47. The van der Waals surface area contributed by atoms with E-state index in [1.807, 2.05) is 6.92 Å². The largest absolute Gasteiger partial charge is 0.370 e. The summed E-state index contributed by atoms with van der Waals surface area (Å²) in [5.41, 5.74) is -0.379. The summed E-state index contributed by atoms with van der Waals surface area (Å²) < 4.78 is 10.9. The van der Waals surface area contributed by atoms with Gasteiger partial charge in [-0.05, 0) is 19.8 Å². The molecule has 18 heavy (non-hydrogen) atoms. The zero-order valence-electron chi connectivity index (χ0n) is 11.0. The van der Waals surface area contributed by atoms with Crippen LogP contribution in [0.3, 0.4) is 0 Å². The number of ether oxygens (including phenoxy) is 1. The maximum absolute atomic E-state index is 8.78. The van der Waals surface area contributed by atoms with Gasteiger partial charge < -0.3 is 9.26 Å². The molecule has 1 saturated carbocycles. The first-order chi connectivity index (χ1) is 8.70. The Labute approximate surface area is 107 Å². The Kier molecular flexibility index (Phi) is 3.97. The van der Waals surface area contributed by atoms with Crippen molar-refractivity contribution in [3.63, 3.8) is 0 Å². The number of methoxy groups -OCH3 is 1. The second kappa shape index (κ2) is 5.49. The number of aromatic nitrogens is 2. The van der Waals surface area contributed by atoms with Crippen molar-refractivity contribution in [1.82, 2.24) is 10.1 Å². The Morgan fingerprint density at radius 2 is 2.17 bits per heavy atom. The lowest BCUT2D eigenvalue weighted by Gasteiger charge is -2.32. The summed E-state index contributed by atoms with van der Waals surface area (Å²) in [5, 5.41) is 12.8. The molecule has 5 heteroatoms. The fourth-order valence-electron chi connectivity index (χ4n) is 2.47. The van der Waals surface area contributed by atoms with Crippen LogP contribution in [0, 0.1) is 17.2 Å². The minimum atomic E-state index is -0.379. The van der Waals surface area contributed by atoms with Gasteiger partial charge in [0.25, 0.3) is 0 Å². The van der Waals surface area contributed by atoms with Gasteiger partial charge in [-0.3, -0.25) is 0 Å². The highest BCUT2D eigenvalue weighted by atomic mass is 16.5. The van der Waals surface area contributed by atoms with Crippen LogP contribution < -0.4 is 0 Å². The highest BCUT2D eigenvalue weighted by Gasteiger charge is 2.38. The lowest BCUT2D eigenvalue weighted by molar-refractivity contribution is -0.0527. The molecule has 0 spiro atoms. The van der Waals surface area contributed by atoms with Gasteiger partial charge in [-0.15, -0.1) is 0 Å². The lowest BCUT2D eigenvalue weighted by atomic mass is 9.84. The summed E-state index contributed by atoms with van der Waals surface area (Å²) >= 11 is 0. The van der Waals surface area contributed by atoms with Gasteiger partial charge in [0.05, 0.1) is 12.0 Å². The molecule has 1 aromatic heterocycles. The number of hydrogen-bond acceptors (Lipinski definition) is 5. The molecule has 0 saturated heterocycles. The van der Waals surface area contributed by atoms with E-state index in [0.717, 1.165) is 25.7 Å². The van der Waals surface area contributed by atoms with Crippen LogP contribution in [-0.4, -0.2) is 17.3 Å². The van der Waals surface area contributed by atoms with Crippen molar-refractivity contribution in [3.05, 3.63) is 11.7 Å². The van der Waals surface area contributed by atoms with Gasteiger partial charge in [0.1, 0.15) is 5.60 Å². The minimum absolute atomic E-state index is 0.108. The molecule has 0 aromatic carbocycles. The maximum Gasteiger partial charge on any atom is 0.228 e. The summed E-state index contributed by atoms with van der Waals surface area (Å²) in [6, 6.07) is 2.17. The van der Waals surface area contributed by atoms with Crippen LogP contribution in [0.5, 0.6) is 0 Å². The van der Waals surface area contributed by atoms with Gasteiger partial charge in [0.2, 0.25) is 11.7 Å². The molecule has 1 aromatic rings. The highest BCUT2D eigenvalue weighted by molar-refractivity contribution is 5.04. The summed E-state index contributed by atoms with van der Waals surface area (Å²) in [6.45, 7) is 1.84. The van der Waals surface area contributed by atoms with E-state index < -0.39 is 0 Å². The van der Waals surface area contributed by atoms with Gasteiger partial charge in [0, 0.05) is 13.5 Å². The van der Waals surface area contributed by atoms with Gasteiger partial charge in [-0.1, -0.05) is 24.4 Å². The molecule has 1 atom stereocenters. The molecule has 0 bridgehead atoms. The average molecular weight is 249 g/mol. The first kappa shape index (κ1) is 13.0. The van der Waals surface area contributed by atoms with E-state index >= 15 is 0 Å². The van der Waals surface area contributed by atoms with Crippen LogP contribution in [0.25, 0.3) is 0 Å². The van der Waals surface area contributed by atoms with Crippen LogP contribution in [0.15, 0.2) is 4.52 Å². The van der Waals surface area contributed by atoms with Crippen molar-refractivity contribution in [1.29, 1.82) is 5.26 Å². The van der Waals surface area contributed by atoms with Gasteiger partial charge in [-0.2, -0.15) is 10.2 Å². The van der Waals surface area contributed by atoms with Crippen molar-refractivity contribution in [2.75, 3.05) is 7.11 Å². The normalized spacial score (nSPS) is 20.3. The van der Waals surface area contributed by atoms with E-state index in [0.29, 0.717) is 18.1 Å². The number of nitrogens with zero attached hydrogens (tertiary/aromatic N) is 3. The first-order valence-corrected chi connectivity index (χ1v) is 6.48. The van der Waals surface area contributed by atoms with Crippen molar-refractivity contribution in [2.24, 2.45) is 5.92 Å². The molecule has 5 nitrogen and oxygen atoms in total. The van der Waals surface area contributed by atoms with Crippen molar-refractivity contribution >= 4 is 0 Å². The molecule has 1 aliphatic carbocycles. The molecule has 1 aliphatic rings. The second-order valence-corrected chi connectivity index (χ2v) is 5.01. The van der Waals surface area contributed by atoms with Crippen LogP contribution in [0.2, 0.25) is 0 Å². The molecule has 0 aliphatic heterocycles. The summed E-state index contributed by atoms with van der Waals surface area (Å²) in [4.78, 5) is 4.41. The summed E-state index contributed by atoms with van der Waals surface area (Å²) in [6.07, 6.45) is 5.88. The van der Waals surface area contributed by atoms with Gasteiger partial charge in [0.15, 0.2) is 0 Å². The SMILES string of the molecule is COC1(c2noc(CC(C)C#N)n2)CCCCC1. The van der Waals surface area contributed by atoms with E-state index in [-0.39, 0.29) is 11.5 Å². The number of rotatable bonds is 4. The quantitative estimate of drug-likeness (QED) is 0.820. The third-order valence-corrected chi connectivity index (χ3v) is 3.63. The molecular weight excluding hydrogens is 230 g/mol. The van der Waals surface area contributed by atoms with Crippen molar-refractivity contribution in [3.8, 4) is 6.07 Å². The molecule has 1 fully saturated rings. The number of nitriles is 1. The molecule has 0 radical (unpaired) electrons. The third kappa shape index (κ3) is 2.54. The van der Waals surface area contributed by atoms with E-state index in [2.05, 4.69) is 16.2 Å². The average Bonchev–Trinajstić information content (AvgIpc) is 2.88. The Morgan fingerprint density at radius 3 is 2.78 bits per heavy atom. The lowest BCUT2D eigenvalue weighted by Crippen LogP contribution is -2.32. The monoisotopic (exact) mass is 249 g/mol. The minimum Gasteiger partial charge on any atom is -0.370 e. The second-order valence-electron chi connectivity index (χ2n) is 5.01. The summed E-state index contributed by atoms with van der Waals surface area (Å²) in [7, 11) is 1.71. The Hall–Kier alpha value is -1.41. The molecule has 0 N–H and O–H groups in total. The standard InChI is InChI=1S/C13H19N3O2/c1-10(9-14)8-11-15-12(16-18-11)13(17-2)6-4-3-5-7-13/h10H,3-8H2,1-2H3. The van der Waals surface area contributed by atoms with E-state index in [1.165, 1.54) is 6.42 Å². The van der Waals surface area contributed by atoms with Crippen molar-refractivity contribution in [2.45, 2.75) is 51.0 Å². The van der Waals surface area contributed by atoms with Gasteiger partial charge >= 0.3 is 0 Å². The van der Waals surface area contributed by atoms with Crippen LogP contribution in [0.4, 0.5) is 0 Å². The summed E-state index contributed by atoms with van der Waals surface area (Å²) in [5.74, 6) is 1.06. The van der Waals surface area contributed by atoms with Crippen LogP contribution >= 0.6 is 0 Å². The zero-order valence-corrected chi connectivity index (χ0v) is 11.0. The third-order valence-electron chi connectivity index (χ3n) is 3.63. The predicted octanol–water partition coefficient (Wildman–Crippen LogP) is 2.58. The Bertz CT molecular complexity index is 430. The first-order valence-electron chi connectivity index (χ1n) is 6.48. The Morgan fingerprint density at radius 1 is 1.44 bits per heavy atom. The van der Waals surface area contributed by atoms with E-state index in [9.17, 15) is 0 Å². The highest BCUT2D eigenvalue weighted by Crippen LogP contribution is 2.38. The van der Waals surface area contributed by atoms with E-state index in [4.69, 9.17) is 14.5 Å². The molecule has 2 rings (SSSR count).